The van der Waals surface area contributed by atoms with Gasteiger partial charge in [-0.25, -0.2) is 0 Å². The van der Waals surface area contributed by atoms with E-state index in [1.807, 2.05) is 12.1 Å². The summed E-state index contributed by atoms with van der Waals surface area (Å²) in [6, 6.07) is 54.2. The SMILES string of the molecule is c1ccc(-c2cccc3c2Cc2c(-c4ccc(-c5cc6c7c(c5)Oc5ccccc5B7c5ccccc5O6)cc4)cccc2-3)cc1. The Kier molecular flexibility index (Phi) is 5.47. The zero-order valence-electron chi connectivity index (χ0n) is 25.0. The van der Waals surface area contributed by atoms with E-state index in [1.165, 1.54) is 55.4 Å². The first kappa shape index (κ1) is 25.5. The van der Waals surface area contributed by atoms with E-state index in [0.29, 0.717) is 0 Å². The van der Waals surface area contributed by atoms with Crippen LogP contribution < -0.4 is 25.9 Å². The summed E-state index contributed by atoms with van der Waals surface area (Å²) in [6.07, 6.45) is 0.931. The maximum Gasteiger partial charge on any atom is 0.260 e. The van der Waals surface area contributed by atoms with Crippen LogP contribution in [0.15, 0.2) is 152 Å². The van der Waals surface area contributed by atoms with Crippen molar-refractivity contribution >= 4 is 23.1 Å². The fourth-order valence-electron chi connectivity index (χ4n) is 7.80. The Bertz CT molecular complexity index is 2270. The molecule has 0 radical (unpaired) electrons. The fourth-order valence-corrected chi connectivity index (χ4v) is 7.80. The lowest BCUT2D eigenvalue weighted by Crippen LogP contribution is -2.57. The van der Waals surface area contributed by atoms with E-state index in [-0.39, 0.29) is 6.71 Å². The Morgan fingerprint density at radius 2 is 0.848 bits per heavy atom. The first-order valence-corrected chi connectivity index (χ1v) is 15.9. The number of fused-ring (bicyclic) bond motifs is 7. The summed E-state index contributed by atoms with van der Waals surface area (Å²) >= 11 is 0. The van der Waals surface area contributed by atoms with Crippen LogP contribution in [0.5, 0.6) is 23.0 Å². The molecule has 0 aromatic heterocycles. The number of hydrogen-bond acceptors (Lipinski definition) is 2. The molecular formula is C43H27BO2. The summed E-state index contributed by atoms with van der Waals surface area (Å²) in [5.41, 5.74) is 16.3. The molecule has 0 spiro atoms. The normalized spacial score (nSPS) is 13.0. The minimum absolute atomic E-state index is 0.0861. The minimum Gasteiger partial charge on any atom is -0.458 e. The van der Waals surface area contributed by atoms with Crippen LogP contribution in [-0.2, 0) is 6.42 Å². The molecule has 2 nitrogen and oxygen atoms in total. The van der Waals surface area contributed by atoms with Gasteiger partial charge >= 0.3 is 0 Å². The molecule has 0 unspecified atom stereocenters. The molecule has 1 aliphatic carbocycles. The summed E-state index contributed by atoms with van der Waals surface area (Å²) in [5.74, 6) is 3.54. The van der Waals surface area contributed by atoms with E-state index in [0.717, 1.165) is 46.0 Å². The summed E-state index contributed by atoms with van der Waals surface area (Å²) < 4.78 is 13.1. The van der Waals surface area contributed by atoms with Crippen LogP contribution in [0.2, 0.25) is 0 Å². The quantitative estimate of drug-likeness (QED) is 0.193. The van der Waals surface area contributed by atoms with E-state index in [9.17, 15) is 0 Å². The molecule has 2 heterocycles. The van der Waals surface area contributed by atoms with Crippen molar-refractivity contribution in [1.82, 2.24) is 0 Å². The van der Waals surface area contributed by atoms with Crippen molar-refractivity contribution in [2.24, 2.45) is 0 Å². The Morgan fingerprint density at radius 3 is 1.43 bits per heavy atom. The molecule has 0 saturated carbocycles. The van der Waals surface area contributed by atoms with Gasteiger partial charge in [-0.15, -0.1) is 0 Å². The summed E-state index contributed by atoms with van der Waals surface area (Å²) in [4.78, 5) is 0. The lowest BCUT2D eigenvalue weighted by Gasteiger charge is -2.33. The molecule has 0 N–H and O–H groups in total. The van der Waals surface area contributed by atoms with Gasteiger partial charge in [0.1, 0.15) is 23.0 Å². The van der Waals surface area contributed by atoms with Crippen LogP contribution in [0, 0.1) is 0 Å². The third-order valence-electron chi connectivity index (χ3n) is 9.90. The third-order valence-corrected chi connectivity index (χ3v) is 9.90. The highest BCUT2D eigenvalue weighted by Crippen LogP contribution is 2.45. The van der Waals surface area contributed by atoms with E-state index < -0.39 is 0 Å². The van der Waals surface area contributed by atoms with Gasteiger partial charge < -0.3 is 9.47 Å². The van der Waals surface area contributed by atoms with E-state index in [1.54, 1.807) is 0 Å². The van der Waals surface area contributed by atoms with Gasteiger partial charge in [-0.3, -0.25) is 0 Å². The number of rotatable bonds is 3. The van der Waals surface area contributed by atoms with Gasteiger partial charge in [0.25, 0.3) is 6.71 Å². The van der Waals surface area contributed by atoms with Crippen LogP contribution in [0.4, 0.5) is 0 Å². The van der Waals surface area contributed by atoms with Gasteiger partial charge in [-0.05, 0) is 97.2 Å². The van der Waals surface area contributed by atoms with E-state index in [4.69, 9.17) is 9.47 Å². The Labute approximate surface area is 268 Å². The molecule has 7 aromatic rings. The third kappa shape index (κ3) is 3.78. The van der Waals surface area contributed by atoms with Crippen LogP contribution in [0.3, 0.4) is 0 Å². The topological polar surface area (TPSA) is 18.5 Å². The molecule has 0 saturated heterocycles. The Hall–Kier alpha value is -5.80. The average Bonchev–Trinajstić information content (AvgIpc) is 3.51. The smallest absolute Gasteiger partial charge is 0.260 e. The number of ether oxygens (including phenoxy) is 2. The lowest BCUT2D eigenvalue weighted by atomic mass is 9.35. The monoisotopic (exact) mass is 586 g/mol. The Morgan fingerprint density at radius 1 is 0.370 bits per heavy atom. The molecule has 3 heteroatoms. The standard InChI is InChI=1S/C43H27BO2/c1-2-10-28(11-3-1)31-12-8-14-33-34-15-9-13-32(36(34)26-35(31)33)29-22-20-27(21-23-29)30-24-41-43-42(25-30)46-40-19-7-5-17-38(40)44(43)37-16-4-6-18-39(37)45-41/h1-25H,26H2. The number of benzene rings is 7. The highest BCUT2D eigenvalue weighted by Gasteiger charge is 2.40. The van der Waals surface area contributed by atoms with Crippen molar-refractivity contribution in [3.63, 3.8) is 0 Å². The zero-order valence-corrected chi connectivity index (χ0v) is 25.0. The molecule has 2 aliphatic heterocycles. The van der Waals surface area contributed by atoms with E-state index in [2.05, 4.69) is 140 Å². The maximum atomic E-state index is 6.54. The second-order valence-electron chi connectivity index (χ2n) is 12.4. The highest BCUT2D eigenvalue weighted by atomic mass is 16.5. The summed E-state index contributed by atoms with van der Waals surface area (Å²) in [6.45, 7) is 0.0861. The summed E-state index contributed by atoms with van der Waals surface area (Å²) in [7, 11) is 0. The molecule has 0 amide bonds. The molecule has 46 heavy (non-hydrogen) atoms. The lowest BCUT2D eigenvalue weighted by molar-refractivity contribution is 0.465. The van der Waals surface area contributed by atoms with Crippen molar-refractivity contribution in [2.45, 2.75) is 6.42 Å². The number of para-hydroxylation sites is 2. The number of hydrogen-bond donors (Lipinski definition) is 0. The van der Waals surface area contributed by atoms with Crippen LogP contribution in [0.25, 0.3) is 44.5 Å². The highest BCUT2D eigenvalue weighted by molar-refractivity contribution is 6.98. The van der Waals surface area contributed by atoms with E-state index >= 15 is 0 Å². The summed E-state index contributed by atoms with van der Waals surface area (Å²) in [5, 5.41) is 0. The van der Waals surface area contributed by atoms with Gasteiger partial charge in [-0.1, -0.05) is 127 Å². The minimum atomic E-state index is 0.0861. The molecule has 0 fully saturated rings. The molecular weight excluding hydrogens is 559 g/mol. The fraction of sp³-hybridized carbons (Fsp3) is 0.0233. The van der Waals surface area contributed by atoms with Gasteiger partial charge in [0.2, 0.25) is 0 Å². The van der Waals surface area contributed by atoms with Gasteiger partial charge in [0, 0.05) is 5.46 Å². The van der Waals surface area contributed by atoms with Crippen LogP contribution >= 0.6 is 0 Å². The van der Waals surface area contributed by atoms with Crippen molar-refractivity contribution < 1.29 is 9.47 Å². The van der Waals surface area contributed by atoms with Gasteiger partial charge in [-0.2, -0.15) is 0 Å². The second kappa shape index (κ2) is 9.85. The second-order valence-corrected chi connectivity index (χ2v) is 12.4. The zero-order chi connectivity index (χ0) is 30.2. The first-order chi connectivity index (χ1) is 22.8. The largest absolute Gasteiger partial charge is 0.458 e. The van der Waals surface area contributed by atoms with Crippen molar-refractivity contribution in [1.29, 1.82) is 0 Å². The molecule has 10 rings (SSSR count). The van der Waals surface area contributed by atoms with Crippen LogP contribution in [0.1, 0.15) is 11.1 Å². The first-order valence-electron chi connectivity index (χ1n) is 15.9. The molecule has 0 bridgehead atoms. The molecule has 3 aliphatic rings. The molecule has 7 aromatic carbocycles. The van der Waals surface area contributed by atoms with Crippen molar-refractivity contribution in [2.75, 3.05) is 0 Å². The van der Waals surface area contributed by atoms with Gasteiger partial charge in [0.05, 0.1) is 0 Å². The predicted octanol–water partition coefficient (Wildman–Crippen LogP) is 8.99. The molecule has 214 valence electrons. The van der Waals surface area contributed by atoms with Crippen molar-refractivity contribution in [3.8, 4) is 67.5 Å². The Balaban J connectivity index is 1.03. The van der Waals surface area contributed by atoms with Crippen LogP contribution in [-0.4, -0.2) is 6.71 Å². The van der Waals surface area contributed by atoms with Crippen molar-refractivity contribution in [3.05, 3.63) is 163 Å². The average molecular weight is 586 g/mol. The van der Waals surface area contributed by atoms with Gasteiger partial charge in [0.15, 0.2) is 0 Å². The predicted molar refractivity (Wildman–Crippen MR) is 189 cm³/mol. The molecule has 0 atom stereocenters. The maximum absolute atomic E-state index is 6.54.